The van der Waals surface area contributed by atoms with Gasteiger partial charge in [-0.25, -0.2) is 0 Å². The summed E-state index contributed by atoms with van der Waals surface area (Å²) in [5.74, 6) is 0.908. The van der Waals surface area contributed by atoms with Crippen LogP contribution < -0.4 is 10.6 Å². The summed E-state index contributed by atoms with van der Waals surface area (Å²) in [6.07, 6.45) is 0.920. The number of tetrazole rings is 1. The molecule has 0 saturated heterocycles. The van der Waals surface area contributed by atoms with Crippen molar-refractivity contribution in [3.63, 3.8) is 0 Å². The average molecular weight is 376 g/mol. The Morgan fingerprint density at radius 2 is 1.79 bits per heavy atom. The number of hydrogen-bond acceptors (Lipinski definition) is 5. The Morgan fingerprint density at radius 1 is 1.07 bits per heavy atom. The highest BCUT2D eigenvalue weighted by molar-refractivity contribution is 6.05. The van der Waals surface area contributed by atoms with Gasteiger partial charge in [-0.1, -0.05) is 19.1 Å². The lowest BCUT2D eigenvalue weighted by molar-refractivity contribution is -0.117. The Kier molecular flexibility index (Phi) is 4.60. The summed E-state index contributed by atoms with van der Waals surface area (Å²) in [5.41, 5.74) is 2.46. The van der Waals surface area contributed by atoms with Gasteiger partial charge >= 0.3 is 0 Å². The number of aryl methyl sites for hydroxylation is 1. The van der Waals surface area contributed by atoms with E-state index in [1.54, 1.807) is 48.0 Å². The first kappa shape index (κ1) is 17.8. The molecule has 0 radical (unpaired) electrons. The Bertz CT molecular complexity index is 1040. The van der Waals surface area contributed by atoms with E-state index >= 15 is 0 Å². The second-order valence-corrected chi connectivity index (χ2v) is 7.03. The molecule has 0 aliphatic heterocycles. The van der Waals surface area contributed by atoms with Crippen LogP contribution in [0.3, 0.4) is 0 Å². The molecule has 1 aliphatic rings. The van der Waals surface area contributed by atoms with E-state index in [-0.39, 0.29) is 17.7 Å². The van der Waals surface area contributed by atoms with E-state index in [4.69, 9.17) is 0 Å². The minimum absolute atomic E-state index is 0.00886. The van der Waals surface area contributed by atoms with E-state index in [0.29, 0.717) is 28.7 Å². The number of hydrogen-bond donors (Lipinski definition) is 2. The van der Waals surface area contributed by atoms with Gasteiger partial charge in [-0.2, -0.15) is 4.68 Å². The number of aromatic nitrogens is 4. The minimum Gasteiger partial charge on any atom is -0.326 e. The SMILES string of the molecule is Cc1nnnn1-c1cccc(NC(=O)c2cccc(NC(=O)C3CC3C)c2)c1. The predicted octanol–water partition coefficient (Wildman–Crippen LogP) is 2.82. The van der Waals surface area contributed by atoms with Crippen LogP contribution in [0, 0.1) is 18.8 Å². The van der Waals surface area contributed by atoms with Gasteiger partial charge in [0.2, 0.25) is 5.91 Å². The Morgan fingerprint density at radius 3 is 2.46 bits per heavy atom. The topological polar surface area (TPSA) is 102 Å². The summed E-state index contributed by atoms with van der Waals surface area (Å²) in [6.45, 7) is 3.85. The van der Waals surface area contributed by atoms with Crippen LogP contribution >= 0.6 is 0 Å². The maximum atomic E-state index is 12.6. The standard InChI is InChI=1S/C20H20N6O2/c1-12-9-18(12)20(28)22-15-6-3-5-14(10-15)19(27)21-16-7-4-8-17(11-16)26-13(2)23-24-25-26/h3-8,10-12,18H,9H2,1-2H3,(H,21,27)(H,22,28). The Balaban J connectivity index is 1.47. The molecule has 1 aliphatic carbocycles. The summed E-state index contributed by atoms with van der Waals surface area (Å²) in [7, 11) is 0. The fourth-order valence-electron chi connectivity index (χ4n) is 3.05. The molecule has 28 heavy (non-hydrogen) atoms. The van der Waals surface area contributed by atoms with Gasteiger partial charge in [-0.15, -0.1) is 5.10 Å². The number of amides is 2. The molecule has 8 nitrogen and oxygen atoms in total. The Hall–Kier alpha value is -3.55. The van der Waals surface area contributed by atoms with E-state index in [1.165, 1.54) is 0 Å². The van der Waals surface area contributed by atoms with Crippen molar-refractivity contribution in [1.82, 2.24) is 20.2 Å². The van der Waals surface area contributed by atoms with Crippen LogP contribution in [-0.4, -0.2) is 32.0 Å². The molecule has 2 amide bonds. The van der Waals surface area contributed by atoms with Gasteiger partial charge in [0.25, 0.3) is 5.91 Å². The summed E-state index contributed by atoms with van der Waals surface area (Å²) in [6, 6.07) is 14.2. The van der Waals surface area contributed by atoms with Gasteiger partial charge in [-0.05, 0) is 66.1 Å². The molecule has 0 spiro atoms. The first-order valence-electron chi connectivity index (χ1n) is 9.09. The molecule has 8 heteroatoms. The lowest BCUT2D eigenvalue weighted by atomic mass is 10.1. The first-order chi connectivity index (χ1) is 13.5. The van der Waals surface area contributed by atoms with Crippen LogP contribution in [0.5, 0.6) is 0 Å². The number of carbonyl (C=O) groups excluding carboxylic acids is 2. The van der Waals surface area contributed by atoms with Crippen molar-refractivity contribution in [2.75, 3.05) is 10.6 Å². The molecule has 2 atom stereocenters. The molecule has 1 heterocycles. The van der Waals surface area contributed by atoms with Gasteiger partial charge in [0.05, 0.1) is 5.69 Å². The van der Waals surface area contributed by atoms with Crippen molar-refractivity contribution in [1.29, 1.82) is 0 Å². The van der Waals surface area contributed by atoms with Crippen LogP contribution in [0.15, 0.2) is 48.5 Å². The van der Waals surface area contributed by atoms with Crippen LogP contribution in [0.1, 0.15) is 29.5 Å². The van der Waals surface area contributed by atoms with Crippen molar-refractivity contribution >= 4 is 23.2 Å². The highest BCUT2D eigenvalue weighted by atomic mass is 16.2. The number of carbonyl (C=O) groups is 2. The zero-order valence-corrected chi connectivity index (χ0v) is 15.6. The number of benzene rings is 2. The van der Waals surface area contributed by atoms with E-state index in [9.17, 15) is 9.59 Å². The van der Waals surface area contributed by atoms with Crippen LogP contribution in [-0.2, 0) is 4.79 Å². The van der Waals surface area contributed by atoms with Crippen LogP contribution in [0.25, 0.3) is 5.69 Å². The van der Waals surface area contributed by atoms with Gasteiger partial charge in [-0.3, -0.25) is 9.59 Å². The molecule has 3 aromatic rings. The number of nitrogens with one attached hydrogen (secondary N) is 2. The minimum atomic E-state index is -0.263. The zero-order chi connectivity index (χ0) is 19.7. The van der Waals surface area contributed by atoms with Crippen molar-refractivity contribution in [2.24, 2.45) is 11.8 Å². The van der Waals surface area contributed by atoms with Crippen LogP contribution in [0.4, 0.5) is 11.4 Å². The quantitative estimate of drug-likeness (QED) is 0.713. The fourth-order valence-corrected chi connectivity index (χ4v) is 3.05. The molecular weight excluding hydrogens is 356 g/mol. The van der Waals surface area contributed by atoms with Crippen molar-refractivity contribution in [2.45, 2.75) is 20.3 Å². The second-order valence-electron chi connectivity index (χ2n) is 7.03. The first-order valence-corrected chi connectivity index (χ1v) is 9.09. The van der Waals surface area contributed by atoms with Gasteiger partial charge in [0.15, 0.2) is 5.82 Å². The van der Waals surface area contributed by atoms with E-state index in [2.05, 4.69) is 33.1 Å². The molecule has 2 unspecified atom stereocenters. The van der Waals surface area contributed by atoms with Crippen molar-refractivity contribution in [3.05, 3.63) is 59.9 Å². The molecule has 0 bridgehead atoms. The lowest BCUT2D eigenvalue weighted by Crippen LogP contribution is -2.16. The van der Waals surface area contributed by atoms with Crippen molar-refractivity contribution < 1.29 is 9.59 Å². The second kappa shape index (κ2) is 7.22. The maximum absolute atomic E-state index is 12.6. The lowest BCUT2D eigenvalue weighted by Gasteiger charge is -2.09. The highest BCUT2D eigenvalue weighted by Gasteiger charge is 2.39. The van der Waals surface area contributed by atoms with E-state index < -0.39 is 0 Å². The largest absolute Gasteiger partial charge is 0.326 e. The summed E-state index contributed by atoms with van der Waals surface area (Å²) >= 11 is 0. The summed E-state index contributed by atoms with van der Waals surface area (Å²) in [4.78, 5) is 24.7. The highest BCUT2D eigenvalue weighted by Crippen LogP contribution is 2.38. The predicted molar refractivity (Wildman–Crippen MR) is 104 cm³/mol. The molecule has 1 saturated carbocycles. The molecule has 2 aromatic carbocycles. The third-order valence-corrected chi connectivity index (χ3v) is 4.81. The van der Waals surface area contributed by atoms with Crippen LogP contribution in [0.2, 0.25) is 0 Å². The normalized spacial score (nSPS) is 17.8. The van der Waals surface area contributed by atoms with Gasteiger partial charge < -0.3 is 10.6 Å². The number of nitrogens with zero attached hydrogens (tertiary/aromatic N) is 4. The van der Waals surface area contributed by atoms with E-state index in [0.717, 1.165) is 12.1 Å². The molecule has 1 aromatic heterocycles. The molecular formula is C20H20N6O2. The third-order valence-electron chi connectivity index (χ3n) is 4.81. The summed E-state index contributed by atoms with van der Waals surface area (Å²) < 4.78 is 1.59. The molecule has 142 valence electrons. The zero-order valence-electron chi connectivity index (χ0n) is 15.6. The monoisotopic (exact) mass is 376 g/mol. The number of rotatable bonds is 5. The Labute approximate surface area is 162 Å². The van der Waals surface area contributed by atoms with Gasteiger partial charge in [0, 0.05) is 22.9 Å². The maximum Gasteiger partial charge on any atom is 0.255 e. The van der Waals surface area contributed by atoms with E-state index in [1.807, 2.05) is 12.1 Å². The molecule has 4 rings (SSSR count). The van der Waals surface area contributed by atoms with Crippen molar-refractivity contribution in [3.8, 4) is 5.69 Å². The third kappa shape index (κ3) is 3.75. The summed E-state index contributed by atoms with van der Waals surface area (Å²) in [5, 5.41) is 17.2. The molecule has 1 fully saturated rings. The smallest absolute Gasteiger partial charge is 0.255 e. The fraction of sp³-hybridized carbons (Fsp3) is 0.250. The van der Waals surface area contributed by atoms with Gasteiger partial charge in [0.1, 0.15) is 0 Å². The molecule has 2 N–H and O–H groups in total. The number of anilines is 2. The average Bonchev–Trinajstić information content (AvgIpc) is 3.27.